The van der Waals surface area contributed by atoms with Gasteiger partial charge in [-0.1, -0.05) is 70.1 Å². The molecule has 1 aliphatic heterocycles. The Morgan fingerprint density at radius 2 is 1.54 bits per heavy atom. The second kappa shape index (κ2) is 24.7. The van der Waals surface area contributed by atoms with E-state index in [0.717, 1.165) is 97.0 Å². The van der Waals surface area contributed by atoms with Crippen molar-refractivity contribution in [2.45, 2.75) is 127 Å². The molecule has 16 heteroatoms. The summed E-state index contributed by atoms with van der Waals surface area (Å²) in [6, 6.07) is 8.18. The van der Waals surface area contributed by atoms with Crippen LogP contribution in [0, 0.1) is 0 Å². The Bertz CT molecular complexity index is 1850. The van der Waals surface area contributed by atoms with E-state index in [2.05, 4.69) is 38.5 Å². The van der Waals surface area contributed by atoms with Crippen LogP contribution in [0.1, 0.15) is 109 Å². The summed E-state index contributed by atoms with van der Waals surface area (Å²) in [5.41, 5.74) is 8.95. The van der Waals surface area contributed by atoms with Crippen molar-refractivity contribution < 1.29 is 33.4 Å². The fraction of sp³-hybridized carbons (Fsp3) is 0.651. The lowest BCUT2D eigenvalue weighted by atomic mass is 10.1. The Morgan fingerprint density at radius 1 is 0.831 bits per heavy atom. The number of nitrogens with two attached hydrogens (primary N) is 1. The number of carbonyl (C=O) groups is 5. The van der Waals surface area contributed by atoms with Gasteiger partial charge in [-0.05, 0) is 38.2 Å². The summed E-state index contributed by atoms with van der Waals surface area (Å²) in [6.07, 6.45) is 14.1. The van der Waals surface area contributed by atoms with Crippen LogP contribution in [0.15, 0.2) is 24.3 Å². The van der Waals surface area contributed by atoms with Crippen LogP contribution < -0.4 is 21.7 Å². The summed E-state index contributed by atoms with van der Waals surface area (Å²) < 4.78 is 13.4. The SMILES string of the molecule is CCCCc1nc2c(N)nc3ccccc3c2n1CCCCNC(=O)CCOCCOCCNC(=O)CCN1C(=O)CC(SCC(=O)NC2CCCCCCCC2)C1=O. The number of anilines is 1. The molecule has 5 N–H and O–H groups in total. The highest BCUT2D eigenvalue weighted by Gasteiger charge is 2.39. The molecule has 2 aromatic heterocycles. The number of thioether (sulfide) groups is 1. The highest BCUT2D eigenvalue weighted by Crippen LogP contribution is 2.30. The minimum Gasteiger partial charge on any atom is -0.382 e. The van der Waals surface area contributed by atoms with Crippen LogP contribution in [0.2, 0.25) is 0 Å². The number of rotatable bonds is 24. The van der Waals surface area contributed by atoms with E-state index in [1.807, 2.05) is 18.2 Å². The van der Waals surface area contributed by atoms with Crippen LogP contribution in [0.3, 0.4) is 0 Å². The third kappa shape index (κ3) is 14.5. The van der Waals surface area contributed by atoms with E-state index in [-0.39, 0.29) is 86.9 Å². The zero-order valence-corrected chi connectivity index (χ0v) is 35.6. The van der Waals surface area contributed by atoms with Crippen LogP contribution in [-0.4, -0.2) is 112 Å². The van der Waals surface area contributed by atoms with Crippen LogP contribution >= 0.6 is 11.8 Å². The molecule has 1 aliphatic carbocycles. The highest BCUT2D eigenvalue weighted by atomic mass is 32.2. The summed E-state index contributed by atoms with van der Waals surface area (Å²) in [4.78, 5) is 73.3. The number of aryl methyl sites for hydroxylation is 2. The standard InChI is InChI=1S/C43H64N8O7S/c1-2-3-18-35-49-40-41(32-16-10-11-17-33(32)48-42(40)44)50(35)23-13-12-21-45-37(53)20-25-57-27-28-58-26-22-46-36(52)19-24-51-39(55)29-34(43(51)56)59-30-38(54)47-31-14-8-6-4-5-7-9-15-31/h10-11,16-17,31,34H,2-9,12-15,18-30H2,1H3,(H2,44,48)(H,45,53)(H,46,52)(H,47,54). The number of aromatic nitrogens is 3. The number of imide groups is 1. The van der Waals surface area contributed by atoms with Crippen LogP contribution in [-0.2, 0) is 46.4 Å². The van der Waals surface area contributed by atoms with Gasteiger partial charge in [-0.2, -0.15) is 0 Å². The molecule has 1 saturated heterocycles. The van der Waals surface area contributed by atoms with E-state index in [0.29, 0.717) is 25.6 Å². The normalized spacial score (nSPS) is 16.6. The molecule has 5 rings (SSSR count). The number of benzene rings is 1. The molecule has 0 radical (unpaired) electrons. The second-order valence-corrected chi connectivity index (χ2v) is 16.7. The zero-order valence-electron chi connectivity index (χ0n) is 34.8. The summed E-state index contributed by atoms with van der Waals surface area (Å²) in [5, 5.41) is 9.29. The van der Waals surface area contributed by atoms with Gasteiger partial charge in [-0.3, -0.25) is 28.9 Å². The first kappa shape index (κ1) is 45.8. The molecule has 3 heterocycles. The number of ether oxygens (including phenoxy) is 2. The van der Waals surface area contributed by atoms with Crippen molar-refractivity contribution in [3.8, 4) is 0 Å². The maximum Gasteiger partial charge on any atom is 0.242 e. The molecule has 0 bridgehead atoms. The van der Waals surface area contributed by atoms with Crippen molar-refractivity contribution in [2.24, 2.45) is 0 Å². The number of imidazole rings is 1. The number of hydrogen-bond acceptors (Lipinski definition) is 11. The lowest BCUT2D eigenvalue weighted by molar-refractivity contribution is -0.138. The third-order valence-corrected chi connectivity index (χ3v) is 12.1. The topological polar surface area (TPSA) is 200 Å². The number of nitrogens with one attached hydrogen (secondary N) is 3. The van der Waals surface area contributed by atoms with Gasteiger partial charge in [0.1, 0.15) is 11.3 Å². The van der Waals surface area contributed by atoms with E-state index in [9.17, 15) is 24.0 Å². The van der Waals surface area contributed by atoms with Crippen molar-refractivity contribution in [3.63, 3.8) is 0 Å². The number of hydrogen-bond donors (Lipinski definition) is 4. The Labute approximate surface area is 352 Å². The number of pyridine rings is 1. The van der Waals surface area contributed by atoms with Crippen molar-refractivity contribution in [2.75, 3.05) is 57.5 Å². The summed E-state index contributed by atoms with van der Waals surface area (Å²) in [6.45, 7) is 4.96. The largest absolute Gasteiger partial charge is 0.382 e. The van der Waals surface area contributed by atoms with Gasteiger partial charge >= 0.3 is 0 Å². The van der Waals surface area contributed by atoms with Crippen molar-refractivity contribution in [1.29, 1.82) is 0 Å². The first-order chi connectivity index (χ1) is 28.7. The fourth-order valence-electron chi connectivity index (χ4n) is 7.67. The lowest BCUT2D eigenvalue weighted by Crippen LogP contribution is -2.37. The molecule has 5 amide bonds. The minimum absolute atomic E-state index is 0.00508. The summed E-state index contributed by atoms with van der Waals surface area (Å²) in [7, 11) is 0. The quantitative estimate of drug-likeness (QED) is 0.0713. The summed E-state index contributed by atoms with van der Waals surface area (Å²) >= 11 is 1.20. The number of para-hydroxylation sites is 1. The molecule has 59 heavy (non-hydrogen) atoms. The molecule has 2 fully saturated rings. The minimum atomic E-state index is -0.599. The van der Waals surface area contributed by atoms with Gasteiger partial charge < -0.3 is 35.7 Å². The first-order valence-corrected chi connectivity index (χ1v) is 22.8. The van der Waals surface area contributed by atoms with E-state index < -0.39 is 5.25 Å². The number of fused-ring (bicyclic) bond motifs is 3. The number of nitrogen functional groups attached to an aromatic ring is 1. The smallest absolute Gasteiger partial charge is 0.242 e. The third-order valence-electron chi connectivity index (χ3n) is 10.9. The van der Waals surface area contributed by atoms with Crippen molar-refractivity contribution in [1.82, 2.24) is 35.4 Å². The molecule has 0 spiro atoms. The molecule has 1 unspecified atom stereocenters. The van der Waals surface area contributed by atoms with Crippen molar-refractivity contribution in [3.05, 3.63) is 30.1 Å². The van der Waals surface area contributed by atoms with E-state index in [1.54, 1.807) is 0 Å². The van der Waals surface area contributed by atoms with E-state index >= 15 is 0 Å². The molecule has 2 aliphatic rings. The maximum absolute atomic E-state index is 12.9. The van der Waals surface area contributed by atoms with E-state index in [4.69, 9.17) is 20.2 Å². The lowest BCUT2D eigenvalue weighted by Gasteiger charge is -2.18. The Hall–Kier alpha value is -4.28. The Kier molecular flexibility index (Phi) is 19.2. The monoisotopic (exact) mass is 836 g/mol. The van der Waals surface area contributed by atoms with Gasteiger partial charge in [0.15, 0.2) is 5.82 Å². The highest BCUT2D eigenvalue weighted by molar-refractivity contribution is 8.01. The number of carbonyl (C=O) groups excluding carboxylic acids is 5. The van der Waals surface area contributed by atoms with Gasteiger partial charge in [0, 0.05) is 63.3 Å². The van der Waals surface area contributed by atoms with Crippen LogP contribution in [0.5, 0.6) is 0 Å². The first-order valence-electron chi connectivity index (χ1n) is 21.7. The molecule has 3 aromatic rings. The average molecular weight is 837 g/mol. The molecular formula is C43H64N8O7S. The number of amides is 5. The Morgan fingerprint density at radius 3 is 2.32 bits per heavy atom. The molecule has 1 saturated carbocycles. The molecule has 1 atom stereocenters. The van der Waals surface area contributed by atoms with Gasteiger partial charge in [0.25, 0.3) is 0 Å². The predicted molar refractivity (Wildman–Crippen MR) is 231 cm³/mol. The second-order valence-electron chi connectivity index (χ2n) is 15.5. The van der Waals surface area contributed by atoms with Gasteiger partial charge in [0.2, 0.25) is 29.5 Å². The number of likely N-dealkylation sites (tertiary alicyclic amines) is 1. The molecular weight excluding hydrogens is 773 g/mol. The van der Waals surface area contributed by atoms with Crippen LogP contribution in [0.25, 0.3) is 21.9 Å². The van der Waals surface area contributed by atoms with Gasteiger partial charge in [0.05, 0.1) is 48.5 Å². The van der Waals surface area contributed by atoms with Crippen LogP contribution in [0.4, 0.5) is 5.82 Å². The predicted octanol–water partition coefficient (Wildman–Crippen LogP) is 4.82. The molecule has 1 aromatic carbocycles. The summed E-state index contributed by atoms with van der Waals surface area (Å²) in [5.74, 6) is 0.496. The number of nitrogens with zero attached hydrogens (tertiary/aromatic N) is 4. The molecule has 324 valence electrons. The van der Waals surface area contributed by atoms with Gasteiger partial charge in [-0.15, -0.1) is 11.8 Å². The number of unbranched alkanes of at least 4 members (excludes halogenated alkanes) is 2. The van der Waals surface area contributed by atoms with Gasteiger partial charge in [-0.25, -0.2) is 9.97 Å². The Balaban J connectivity index is 0.865. The van der Waals surface area contributed by atoms with Crippen molar-refractivity contribution >= 4 is 69.1 Å². The maximum atomic E-state index is 12.9. The zero-order chi connectivity index (χ0) is 41.8. The van der Waals surface area contributed by atoms with E-state index in [1.165, 1.54) is 37.4 Å². The fourth-order valence-corrected chi connectivity index (χ4v) is 8.64. The molecule has 15 nitrogen and oxygen atoms in total. The average Bonchev–Trinajstić information content (AvgIpc) is 3.77.